The van der Waals surface area contributed by atoms with Gasteiger partial charge >= 0.3 is 5.91 Å². The molecule has 0 aliphatic rings. The number of nitrogens with one attached hydrogen (secondary N) is 2. The molecule has 0 bridgehead atoms. The van der Waals surface area contributed by atoms with E-state index < -0.39 is 5.91 Å². The molecule has 0 fully saturated rings. The van der Waals surface area contributed by atoms with Crippen molar-refractivity contribution in [2.45, 2.75) is 26.7 Å². The van der Waals surface area contributed by atoms with Crippen LogP contribution in [0.15, 0.2) is 27.9 Å². The molecule has 0 aromatic carbocycles. The highest BCUT2D eigenvalue weighted by atomic mass is 16.3. The lowest BCUT2D eigenvalue weighted by atomic mass is 10.3. The highest BCUT2D eigenvalue weighted by Crippen LogP contribution is 1.99. The molecule has 0 atom stereocenters. The number of carbonyl (C=O) groups is 2. The molecule has 1 rings (SSSR count). The van der Waals surface area contributed by atoms with Gasteiger partial charge in [0.2, 0.25) is 5.91 Å². The van der Waals surface area contributed by atoms with Gasteiger partial charge in [-0.2, -0.15) is 5.10 Å². The first-order chi connectivity index (χ1) is 8.63. The molecule has 0 aliphatic heterocycles. The van der Waals surface area contributed by atoms with E-state index in [0.29, 0.717) is 12.3 Å². The lowest BCUT2D eigenvalue weighted by Gasteiger charge is -2.03. The van der Waals surface area contributed by atoms with Crippen LogP contribution in [0.2, 0.25) is 0 Å². The van der Waals surface area contributed by atoms with Gasteiger partial charge in [-0.15, -0.1) is 0 Å². The average Bonchev–Trinajstić information content (AvgIpc) is 2.87. The number of hydrogen-bond donors (Lipinski definition) is 2. The summed E-state index contributed by atoms with van der Waals surface area (Å²) in [4.78, 5) is 22.8. The fourth-order valence-corrected chi connectivity index (χ4v) is 1.21. The number of nitrogens with zero attached hydrogens (tertiary/aromatic N) is 1. The minimum absolute atomic E-state index is 0.106. The van der Waals surface area contributed by atoms with E-state index in [1.54, 1.807) is 13.0 Å². The Kier molecular flexibility index (Phi) is 5.63. The first-order valence-corrected chi connectivity index (χ1v) is 5.77. The van der Waals surface area contributed by atoms with Gasteiger partial charge in [-0.1, -0.05) is 6.92 Å². The molecule has 98 valence electrons. The minimum Gasteiger partial charge on any atom is -0.459 e. The highest BCUT2D eigenvalue weighted by molar-refractivity contribution is 6.00. The molecule has 0 saturated heterocycles. The van der Waals surface area contributed by atoms with Crippen LogP contribution in [-0.2, 0) is 4.79 Å². The number of hydrazone groups is 1. The number of rotatable bonds is 6. The van der Waals surface area contributed by atoms with Crippen LogP contribution in [0.4, 0.5) is 0 Å². The summed E-state index contributed by atoms with van der Waals surface area (Å²) in [7, 11) is 0. The Morgan fingerprint density at radius 3 is 2.83 bits per heavy atom. The summed E-state index contributed by atoms with van der Waals surface area (Å²) in [5.41, 5.74) is 2.85. The van der Waals surface area contributed by atoms with Crippen LogP contribution in [0.25, 0.3) is 0 Å². The van der Waals surface area contributed by atoms with Crippen LogP contribution in [0.3, 0.4) is 0 Å². The molecular weight excluding hydrogens is 234 g/mol. The molecule has 6 heteroatoms. The highest BCUT2D eigenvalue weighted by Gasteiger charge is 2.07. The fourth-order valence-electron chi connectivity index (χ4n) is 1.21. The Bertz CT molecular complexity index is 424. The minimum atomic E-state index is -0.437. The van der Waals surface area contributed by atoms with Crippen molar-refractivity contribution in [1.82, 2.24) is 10.7 Å². The van der Waals surface area contributed by atoms with Crippen LogP contribution >= 0.6 is 0 Å². The van der Waals surface area contributed by atoms with Crippen molar-refractivity contribution < 1.29 is 14.0 Å². The van der Waals surface area contributed by atoms with Gasteiger partial charge in [-0.25, -0.2) is 5.43 Å². The number of carbonyl (C=O) groups excluding carboxylic acids is 2. The van der Waals surface area contributed by atoms with Crippen molar-refractivity contribution in [3.63, 3.8) is 0 Å². The predicted molar refractivity (Wildman–Crippen MR) is 67.2 cm³/mol. The molecule has 1 aromatic heterocycles. The van der Waals surface area contributed by atoms with E-state index in [9.17, 15) is 9.59 Å². The van der Waals surface area contributed by atoms with Crippen LogP contribution in [-0.4, -0.2) is 24.1 Å². The molecule has 0 unspecified atom stereocenters. The maximum absolute atomic E-state index is 11.5. The normalized spacial score (nSPS) is 11.1. The van der Waals surface area contributed by atoms with E-state index in [2.05, 4.69) is 15.8 Å². The first-order valence-electron chi connectivity index (χ1n) is 5.77. The fraction of sp³-hybridized carbons (Fsp3) is 0.417. The van der Waals surface area contributed by atoms with Gasteiger partial charge in [-0.05, 0) is 25.5 Å². The third-order valence-corrected chi connectivity index (χ3v) is 2.08. The summed E-state index contributed by atoms with van der Waals surface area (Å²) in [6.07, 6.45) is 2.46. The van der Waals surface area contributed by atoms with E-state index in [1.807, 2.05) is 6.92 Å². The Balaban J connectivity index is 2.37. The smallest absolute Gasteiger partial charge is 0.307 e. The molecule has 0 saturated carbocycles. The second-order valence-electron chi connectivity index (χ2n) is 3.79. The van der Waals surface area contributed by atoms with Crippen LogP contribution in [0.1, 0.15) is 37.2 Å². The molecule has 1 heterocycles. The predicted octanol–water partition coefficient (Wildman–Crippen LogP) is 1.30. The molecule has 1 aromatic rings. The second-order valence-corrected chi connectivity index (χ2v) is 3.79. The number of hydrogen-bond acceptors (Lipinski definition) is 4. The van der Waals surface area contributed by atoms with Crippen LogP contribution in [0, 0.1) is 0 Å². The summed E-state index contributed by atoms with van der Waals surface area (Å²) < 4.78 is 4.90. The van der Waals surface area contributed by atoms with Gasteiger partial charge in [0.1, 0.15) is 0 Å². The van der Waals surface area contributed by atoms with Crippen molar-refractivity contribution in [3.8, 4) is 0 Å². The summed E-state index contributed by atoms with van der Waals surface area (Å²) in [6, 6.07) is 3.15. The number of furan rings is 1. The molecular formula is C12H17N3O3. The standard InChI is InChI=1S/C12H17N3O3/c1-3-6-13-11(16)8-9(2)14-15-12(17)10-5-4-7-18-10/h4-5,7H,3,6,8H2,1-2H3,(H,13,16)(H,15,17)/b14-9+. The molecule has 0 spiro atoms. The Labute approximate surface area is 105 Å². The van der Waals surface area contributed by atoms with Crippen LogP contribution < -0.4 is 10.7 Å². The molecule has 0 aliphatic carbocycles. The lowest BCUT2D eigenvalue weighted by Crippen LogP contribution is -2.27. The topological polar surface area (TPSA) is 83.7 Å². The molecule has 6 nitrogen and oxygen atoms in total. The Morgan fingerprint density at radius 2 is 2.22 bits per heavy atom. The van der Waals surface area contributed by atoms with Gasteiger partial charge in [0, 0.05) is 12.3 Å². The average molecular weight is 251 g/mol. The quantitative estimate of drug-likeness (QED) is 0.590. The number of amides is 2. The van der Waals surface area contributed by atoms with E-state index in [4.69, 9.17) is 4.42 Å². The maximum atomic E-state index is 11.5. The van der Waals surface area contributed by atoms with E-state index in [1.165, 1.54) is 12.3 Å². The molecule has 0 radical (unpaired) electrons. The maximum Gasteiger partial charge on any atom is 0.307 e. The first kappa shape index (κ1) is 14.0. The van der Waals surface area contributed by atoms with Gasteiger partial charge in [0.25, 0.3) is 0 Å². The lowest BCUT2D eigenvalue weighted by molar-refractivity contribution is -0.119. The third-order valence-electron chi connectivity index (χ3n) is 2.08. The zero-order valence-corrected chi connectivity index (χ0v) is 10.5. The van der Waals surface area contributed by atoms with Gasteiger partial charge < -0.3 is 9.73 Å². The van der Waals surface area contributed by atoms with Crippen molar-refractivity contribution >= 4 is 17.5 Å². The van der Waals surface area contributed by atoms with Gasteiger partial charge in [-0.3, -0.25) is 9.59 Å². The monoisotopic (exact) mass is 251 g/mol. The summed E-state index contributed by atoms with van der Waals surface area (Å²) in [5, 5.41) is 6.55. The summed E-state index contributed by atoms with van der Waals surface area (Å²) in [6.45, 7) is 4.30. The second kappa shape index (κ2) is 7.26. The molecule has 2 N–H and O–H groups in total. The van der Waals surface area contributed by atoms with Gasteiger partial charge in [0.15, 0.2) is 5.76 Å². The van der Waals surface area contributed by atoms with Crippen molar-refractivity contribution in [2.75, 3.05) is 6.54 Å². The summed E-state index contributed by atoms with van der Waals surface area (Å²) in [5.74, 6) is -0.361. The third kappa shape index (κ3) is 4.82. The zero-order chi connectivity index (χ0) is 13.4. The van der Waals surface area contributed by atoms with Crippen LogP contribution in [0.5, 0.6) is 0 Å². The molecule has 18 heavy (non-hydrogen) atoms. The van der Waals surface area contributed by atoms with Gasteiger partial charge in [0.05, 0.1) is 12.7 Å². The molecule has 2 amide bonds. The summed E-state index contributed by atoms with van der Waals surface area (Å²) >= 11 is 0. The van der Waals surface area contributed by atoms with Crippen molar-refractivity contribution in [1.29, 1.82) is 0 Å². The van der Waals surface area contributed by atoms with Crippen molar-refractivity contribution in [3.05, 3.63) is 24.2 Å². The van der Waals surface area contributed by atoms with E-state index in [0.717, 1.165) is 6.42 Å². The zero-order valence-electron chi connectivity index (χ0n) is 10.5. The van der Waals surface area contributed by atoms with E-state index in [-0.39, 0.29) is 18.1 Å². The Morgan fingerprint density at radius 1 is 1.44 bits per heavy atom. The Hall–Kier alpha value is -2.11. The SMILES string of the molecule is CCCNC(=O)C/C(C)=N/NC(=O)c1ccco1. The largest absolute Gasteiger partial charge is 0.459 e. The van der Waals surface area contributed by atoms with E-state index >= 15 is 0 Å². The van der Waals surface area contributed by atoms with Crippen molar-refractivity contribution in [2.24, 2.45) is 5.10 Å².